The molecule has 0 radical (unpaired) electrons. The molecule has 3 nitrogen and oxygen atoms in total. The van der Waals surface area contributed by atoms with Gasteiger partial charge < -0.3 is 4.74 Å². The Kier molecular flexibility index (Phi) is 13.4. The summed E-state index contributed by atoms with van der Waals surface area (Å²) in [5.41, 5.74) is 1.95. The van der Waals surface area contributed by atoms with Crippen molar-refractivity contribution in [2.24, 2.45) is 17.8 Å². The fraction of sp³-hybridized carbons (Fsp3) is 0.724. The third-order valence-corrected chi connectivity index (χ3v) is 7.35. The number of ketones is 1. The highest BCUT2D eigenvalue weighted by Crippen LogP contribution is 2.32. The molecule has 1 aliphatic heterocycles. The number of rotatable bonds is 3. The van der Waals surface area contributed by atoms with Crippen molar-refractivity contribution in [2.75, 3.05) is 6.61 Å². The Bertz CT molecular complexity index is 723. The van der Waals surface area contributed by atoms with Crippen molar-refractivity contribution in [1.82, 2.24) is 0 Å². The zero-order valence-corrected chi connectivity index (χ0v) is 23.3. The number of ether oxygens (including phenoxy) is 1. The van der Waals surface area contributed by atoms with E-state index in [9.17, 15) is 9.59 Å². The quantitative estimate of drug-likeness (QED) is 0.324. The number of hydrogen-bond acceptors (Lipinski definition) is 4. The van der Waals surface area contributed by atoms with Crippen molar-refractivity contribution in [2.45, 2.75) is 112 Å². The first kappa shape index (κ1) is 29.7. The minimum atomic E-state index is 0.0904. The Morgan fingerprint density at radius 1 is 1.06 bits per heavy atom. The summed E-state index contributed by atoms with van der Waals surface area (Å²) in [5.74, 6) is 4.07. The van der Waals surface area contributed by atoms with Crippen molar-refractivity contribution < 1.29 is 14.3 Å². The average molecular weight is 477 g/mol. The van der Waals surface area contributed by atoms with Crippen molar-refractivity contribution in [1.29, 1.82) is 0 Å². The second-order valence-corrected chi connectivity index (χ2v) is 12.7. The molecule has 33 heavy (non-hydrogen) atoms. The average Bonchev–Trinajstić information content (AvgIpc) is 2.93. The Morgan fingerprint density at radius 2 is 1.67 bits per heavy atom. The van der Waals surface area contributed by atoms with E-state index in [1.165, 1.54) is 49.4 Å². The van der Waals surface area contributed by atoms with E-state index in [4.69, 9.17) is 4.74 Å². The molecule has 0 bridgehead atoms. The maximum atomic E-state index is 11.1. The van der Waals surface area contributed by atoms with Gasteiger partial charge in [-0.1, -0.05) is 79.5 Å². The lowest BCUT2D eigenvalue weighted by Gasteiger charge is -2.17. The Morgan fingerprint density at radius 3 is 2.12 bits per heavy atom. The first-order valence-corrected chi connectivity index (χ1v) is 13.7. The third kappa shape index (κ3) is 12.7. The van der Waals surface area contributed by atoms with E-state index in [2.05, 4.69) is 20.8 Å². The van der Waals surface area contributed by atoms with Crippen molar-refractivity contribution in [3.05, 3.63) is 29.3 Å². The molecule has 188 valence electrons. The molecule has 2 unspecified atom stereocenters. The van der Waals surface area contributed by atoms with Crippen molar-refractivity contribution in [3.63, 3.8) is 0 Å². The summed E-state index contributed by atoms with van der Waals surface area (Å²) in [6.07, 6.45) is 10.0. The smallest absolute Gasteiger partial charge is 0.189 e. The SMILES string of the molecule is CC(=O)c1ccc2c(c1)CCCO2.CCC(=O)SC(C)(C)C.CCC1CC(C)CCC(C)C1. The first-order valence-electron chi connectivity index (χ1n) is 12.9. The highest BCUT2D eigenvalue weighted by atomic mass is 32.2. The molecular weight excluding hydrogens is 428 g/mol. The predicted octanol–water partition coefficient (Wildman–Crippen LogP) is 8.53. The monoisotopic (exact) mass is 476 g/mol. The predicted molar refractivity (Wildman–Crippen MR) is 143 cm³/mol. The van der Waals surface area contributed by atoms with Crippen LogP contribution in [-0.2, 0) is 11.2 Å². The van der Waals surface area contributed by atoms with Gasteiger partial charge in [-0.3, -0.25) is 9.59 Å². The van der Waals surface area contributed by atoms with E-state index < -0.39 is 0 Å². The molecule has 3 rings (SSSR count). The summed E-state index contributed by atoms with van der Waals surface area (Å²) in [7, 11) is 0. The number of carbonyl (C=O) groups excluding carboxylic acids is 2. The summed E-state index contributed by atoms with van der Waals surface area (Å²) in [4.78, 5) is 21.9. The normalized spacial score (nSPS) is 22.2. The van der Waals surface area contributed by atoms with Crippen LogP contribution in [0.4, 0.5) is 0 Å². The molecule has 0 N–H and O–H groups in total. The summed E-state index contributed by atoms with van der Waals surface area (Å²) in [6, 6.07) is 5.66. The van der Waals surface area contributed by atoms with Crippen molar-refractivity contribution in [3.8, 4) is 5.75 Å². The zero-order chi connectivity index (χ0) is 25.0. The van der Waals surface area contributed by atoms with Crippen LogP contribution < -0.4 is 4.74 Å². The van der Waals surface area contributed by atoms with Crippen LogP contribution in [0.3, 0.4) is 0 Å². The molecule has 1 aromatic rings. The van der Waals surface area contributed by atoms with E-state index >= 15 is 0 Å². The summed E-state index contributed by atoms with van der Waals surface area (Å²) >= 11 is 1.42. The number of benzene rings is 1. The van der Waals surface area contributed by atoms with Gasteiger partial charge in [0.1, 0.15) is 5.75 Å². The molecular formula is C29H48O3S. The fourth-order valence-corrected chi connectivity index (χ4v) is 5.19. The molecule has 1 aliphatic carbocycles. The number of thioether (sulfide) groups is 1. The molecule has 1 saturated carbocycles. The lowest BCUT2D eigenvalue weighted by molar-refractivity contribution is -0.110. The molecule has 1 aromatic carbocycles. The Hall–Kier alpha value is -1.29. The number of hydrogen-bond donors (Lipinski definition) is 0. The Labute approximate surface area is 207 Å². The largest absolute Gasteiger partial charge is 0.493 e. The highest BCUT2D eigenvalue weighted by molar-refractivity contribution is 8.14. The maximum Gasteiger partial charge on any atom is 0.189 e. The second-order valence-electron chi connectivity index (χ2n) is 10.8. The molecule has 0 aromatic heterocycles. The topological polar surface area (TPSA) is 43.4 Å². The second kappa shape index (κ2) is 14.9. The van der Waals surface area contributed by atoms with Gasteiger partial charge in [-0.2, -0.15) is 0 Å². The first-order chi connectivity index (χ1) is 15.4. The van der Waals surface area contributed by atoms with Crippen LogP contribution in [0.1, 0.15) is 116 Å². The van der Waals surface area contributed by atoms with Gasteiger partial charge in [-0.05, 0) is 74.1 Å². The van der Waals surface area contributed by atoms with Crippen LogP contribution >= 0.6 is 11.8 Å². The molecule has 0 spiro atoms. The van der Waals surface area contributed by atoms with E-state index in [0.717, 1.165) is 48.5 Å². The minimum absolute atomic E-state index is 0.0904. The zero-order valence-electron chi connectivity index (χ0n) is 22.5. The number of carbonyl (C=O) groups is 2. The van der Waals surface area contributed by atoms with Crippen LogP contribution in [0, 0.1) is 17.8 Å². The van der Waals surface area contributed by atoms with Crippen LogP contribution in [0.5, 0.6) is 5.75 Å². The number of fused-ring (bicyclic) bond motifs is 1. The third-order valence-electron chi connectivity index (χ3n) is 6.22. The van der Waals surface area contributed by atoms with E-state index in [1.807, 2.05) is 45.9 Å². The molecule has 1 heterocycles. The standard InChI is InChI=1S/C11H12O2.C11H22.C7H14OS/c1-8(12)9-4-5-11-10(7-9)3-2-6-13-11;1-4-11-7-9(2)5-6-10(3)8-11;1-5-6(8)9-7(2,3)4/h4-5,7H,2-3,6H2,1H3;9-11H,4-8H2,1-3H3;5H2,1-4H3. The van der Waals surface area contributed by atoms with E-state index in [1.54, 1.807) is 6.92 Å². The van der Waals surface area contributed by atoms with Gasteiger partial charge >= 0.3 is 0 Å². The molecule has 4 heteroatoms. The van der Waals surface area contributed by atoms with Crippen LogP contribution in [0.15, 0.2) is 18.2 Å². The summed E-state index contributed by atoms with van der Waals surface area (Å²) in [6.45, 7) is 17.6. The van der Waals surface area contributed by atoms with Crippen molar-refractivity contribution >= 4 is 22.7 Å². The fourth-order valence-electron chi connectivity index (χ4n) is 4.37. The van der Waals surface area contributed by atoms with Gasteiger partial charge in [0.25, 0.3) is 0 Å². The van der Waals surface area contributed by atoms with Gasteiger partial charge in [-0.25, -0.2) is 0 Å². The van der Waals surface area contributed by atoms with Gasteiger partial charge in [-0.15, -0.1) is 0 Å². The number of aryl methyl sites for hydroxylation is 1. The summed E-state index contributed by atoms with van der Waals surface area (Å²) in [5, 5.41) is 0.280. The lowest BCUT2D eigenvalue weighted by atomic mass is 9.91. The molecule has 0 amide bonds. The molecule has 2 aliphatic rings. The van der Waals surface area contributed by atoms with Gasteiger partial charge in [0.15, 0.2) is 10.9 Å². The van der Waals surface area contributed by atoms with Crippen LogP contribution in [0.25, 0.3) is 0 Å². The lowest BCUT2D eigenvalue weighted by Crippen LogP contribution is -2.10. The van der Waals surface area contributed by atoms with E-state index in [-0.39, 0.29) is 15.6 Å². The van der Waals surface area contributed by atoms with Crippen LogP contribution in [0.2, 0.25) is 0 Å². The van der Waals surface area contributed by atoms with E-state index in [0.29, 0.717) is 6.42 Å². The minimum Gasteiger partial charge on any atom is -0.493 e. The van der Waals surface area contributed by atoms with Gasteiger partial charge in [0.2, 0.25) is 0 Å². The molecule has 1 fully saturated rings. The van der Waals surface area contributed by atoms with Gasteiger partial charge in [0.05, 0.1) is 6.61 Å². The molecule has 0 saturated heterocycles. The van der Waals surface area contributed by atoms with Gasteiger partial charge in [0, 0.05) is 16.7 Å². The maximum absolute atomic E-state index is 11.1. The number of Topliss-reactive ketones (excluding diaryl/α,β-unsaturated/α-hetero) is 1. The molecule has 2 atom stereocenters. The Balaban J connectivity index is 0.000000253. The highest BCUT2D eigenvalue weighted by Gasteiger charge is 2.19. The van der Waals surface area contributed by atoms with Crippen LogP contribution in [-0.4, -0.2) is 22.3 Å². The summed E-state index contributed by atoms with van der Waals surface area (Å²) < 4.78 is 5.54.